The number of halogens is 1. The molecule has 7 nitrogen and oxygen atoms in total. The van der Waals surface area contributed by atoms with Gasteiger partial charge < -0.3 is 24.8 Å². The molecule has 2 N–H and O–H groups in total. The average molecular weight is 442 g/mol. The second kappa shape index (κ2) is 9.72. The predicted octanol–water partition coefficient (Wildman–Crippen LogP) is 5.74. The summed E-state index contributed by atoms with van der Waals surface area (Å²) in [7, 11) is 3.09. The van der Waals surface area contributed by atoms with Crippen molar-refractivity contribution >= 4 is 22.6 Å². The van der Waals surface area contributed by atoms with Crippen LogP contribution < -0.4 is 24.8 Å². The number of pyridine rings is 1. The molecule has 3 aromatic rings. The Kier molecular flexibility index (Phi) is 7.02. The van der Waals surface area contributed by atoms with Gasteiger partial charge in [0.2, 0.25) is 0 Å². The summed E-state index contributed by atoms with van der Waals surface area (Å²) in [5.41, 5.74) is 0.812. The second-order valence-electron chi connectivity index (χ2n) is 8.47. The van der Waals surface area contributed by atoms with Gasteiger partial charge in [0.15, 0.2) is 11.5 Å². The minimum Gasteiger partial charge on any atom is -0.493 e. The van der Waals surface area contributed by atoms with Crippen LogP contribution >= 0.6 is 0 Å². The zero-order chi connectivity index (χ0) is 23.3. The van der Waals surface area contributed by atoms with Crippen molar-refractivity contribution < 1.29 is 23.4 Å². The summed E-state index contributed by atoms with van der Waals surface area (Å²) in [6.07, 6.45) is 2.41. The normalized spacial score (nSPS) is 11.2. The van der Waals surface area contributed by atoms with E-state index in [2.05, 4.69) is 36.4 Å². The Morgan fingerprint density at radius 3 is 2.41 bits per heavy atom. The zero-order valence-electron chi connectivity index (χ0n) is 18.9. The van der Waals surface area contributed by atoms with Crippen LogP contribution in [0, 0.1) is 11.2 Å². The van der Waals surface area contributed by atoms with Gasteiger partial charge in [0.05, 0.1) is 25.4 Å². The van der Waals surface area contributed by atoms with Crippen LogP contribution in [0.3, 0.4) is 0 Å². The number of hydrogen-bond donors (Lipinski definition) is 2. The summed E-state index contributed by atoms with van der Waals surface area (Å²) < 4.78 is 31.1. The van der Waals surface area contributed by atoms with E-state index < -0.39 is 11.8 Å². The molecule has 8 heteroatoms. The van der Waals surface area contributed by atoms with E-state index in [1.165, 1.54) is 12.1 Å². The molecule has 170 valence electrons. The predicted molar refractivity (Wildman–Crippen MR) is 122 cm³/mol. The maximum Gasteiger partial charge on any atom is 0.319 e. The Morgan fingerprint density at radius 2 is 1.75 bits per heavy atom. The molecule has 0 saturated carbocycles. The summed E-state index contributed by atoms with van der Waals surface area (Å²) in [6, 6.07) is 8.99. The number of methoxy groups -OCH3 is 2. The fourth-order valence-electron chi connectivity index (χ4n) is 3.04. The highest BCUT2D eigenvalue weighted by Gasteiger charge is 2.14. The summed E-state index contributed by atoms with van der Waals surface area (Å²) in [4.78, 5) is 16.4. The van der Waals surface area contributed by atoms with Crippen LogP contribution in [0.5, 0.6) is 23.0 Å². The molecule has 0 atom stereocenters. The molecule has 0 saturated heterocycles. The van der Waals surface area contributed by atoms with Crippen molar-refractivity contribution in [1.29, 1.82) is 0 Å². The molecule has 2 aromatic carbocycles. The van der Waals surface area contributed by atoms with Crippen molar-refractivity contribution in [2.75, 3.05) is 26.1 Å². The van der Waals surface area contributed by atoms with Crippen molar-refractivity contribution in [2.24, 2.45) is 5.41 Å². The molecule has 0 radical (unpaired) electrons. The van der Waals surface area contributed by atoms with Gasteiger partial charge in [-0.15, -0.1) is 0 Å². The molecule has 0 spiro atoms. The Morgan fingerprint density at radius 1 is 1.03 bits per heavy atom. The highest BCUT2D eigenvalue weighted by molar-refractivity contribution is 5.90. The van der Waals surface area contributed by atoms with E-state index in [9.17, 15) is 9.18 Å². The summed E-state index contributed by atoms with van der Waals surface area (Å²) in [5, 5.41) is 5.94. The highest BCUT2D eigenvalue weighted by Crippen LogP contribution is 2.37. The number of urea groups is 1. The second-order valence-corrected chi connectivity index (χ2v) is 8.47. The van der Waals surface area contributed by atoms with E-state index >= 15 is 0 Å². The van der Waals surface area contributed by atoms with Crippen molar-refractivity contribution in [2.45, 2.75) is 27.2 Å². The Balaban J connectivity index is 1.74. The quantitative estimate of drug-likeness (QED) is 0.489. The minimum atomic E-state index is -0.605. The van der Waals surface area contributed by atoms with Gasteiger partial charge in [-0.05, 0) is 36.1 Å². The van der Waals surface area contributed by atoms with Gasteiger partial charge in [0.1, 0.15) is 17.3 Å². The first kappa shape index (κ1) is 23.1. The largest absolute Gasteiger partial charge is 0.493 e. The molecule has 1 heterocycles. The SMILES string of the molecule is COc1cc2nccc(Oc3ccc(NC(=O)NCCC(C)(C)C)c(F)c3)c2cc1OC. The van der Waals surface area contributed by atoms with Crippen LogP contribution in [0.15, 0.2) is 42.6 Å². The summed E-state index contributed by atoms with van der Waals surface area (Å²) >= 11 is 0. The van der Waals surface area contributed by atoms with Crippen LogP contribution in [-0.4, -0.2) is 31.8 Å². The summed E-state index contributed by atoms with van der Waals surface area (Å²) in [5.74, 6) is 1.23. The third-order valence-corrected chi connectivity index (χ3v) is 4.78. The number of ether oxygens (including phenoxy) is 3. The maximum absolute atomic E-state index is 14.6. The maximum atomic E-state index is 14.6. The molecule has 1 aromatic heterocycles. The van der Waals surface area contributed by atoms with Crippen LogP contribution in [0.25, 0.3) is 10.9 Å². The zero-order valence-corrected chi connectivity index (χ0v) is 18.9. The van der Waals surface area contributed by atoms with Gasteiger partial charge in [-0.2, -0.15) is 0 Å². The van der Waals surface area contributed by atoms with Crippen molar-refractivity contribution in [1.82, 2.24) is 10.3 Å². The van der Waals surface area contributed by atoms with E-state index in [1.54, 1.807) is 44.7 Å². The number of aromatic nitrogens is 1. The molecule has 0 aliphatic carbocycles. The lowest BCUT2D eigenvalue weighted by Gasteiger charge is -2.18. The number of amides is 2. The monoisotopic (exact) mass is 441 g/mol. The molecule has 0 fully saturated rings. The van der Waals surface area contributed by atoms with Crippen LogP contribution in [0.4, 0.5) is 14.9 Å². The number of fused-ring (bicyclic) bond motifs is 1. The van der Waals surface area contributed by atoms with E-state index in [0.29, 0.717) is 34.7 Å². The fourth-order valence-corrected chi connectivity index (χ4v) is 3.04. The fraction of sp³-hybridized carbons (Fsp3) is 0.333. The topological polar surface area (TPSA) is 81.7 Å². The molecule has 0 bridgehead atoms. The molecule has 0 unspecified atom stereocenters. The lowest BCUT2D eigenvalue weighted by molar-refractivity contribution is 0.250. The number of anilines is 1. The molecule has 2 amide bonds. The smallest absolute Gasteiger partial charge is 0.319 e. The molecule has 0 aliphatic rings. The number of benzene rings is 2. The van der Waals surface area contributed by atoms with Crippen LogP contribution in [0.1, 0.15) is 27.2 Å². The lowest BCUT2D eigenvalue weighted by Crippen LogP contribution is -2.31. The third-order valence-electron chi connectivity index (χ3n) is 4.78. The molecular formula is C24H28FN3O4. The summed E-state index contributed by atoms with van der Waals surface area (Å²) in [6.45, 7) is 6.76. The van der Waals surface area contributed by atoms with Gasteiger partial charge in [0.25, 0.3) is 0 Å². The first-order valence-corrected chi connectivity index (χ1v) is 10.2. The van der Waals surface area contributed by atoms with Crippen LogP contribution in [-0.2, 0) is 0 Å². The van der Waals surface area contributed by atoms with Gasteiger partial charge in [0, 0.05) is 30.3 Å². The van der Waals surface area contributed by atoms with E-state index in [0.717, 1.165) is 6.42 Å². The minimum absolute atomic E-state index is 0.0663. The number of carbonyl (C=O) groups is 1. The lowest BCUT2D eigenvalue weighted by atomic mass is 9.92. The Bertz CT molecular complexity index is 1110. The van der Waals surface area contributed by atoms with E-state index in [-0.39, 0.29) is 16.9 Å². The Hall–Kier alpha value is -3.55. The Labute approximate surface area is 186 Å². The number of nitrogens with one attached hydrogen (secondary N) is 2. The van der Waals surface area contributed by atoms with E-state index in [4.69, 9.17) is 14.2 Å². The highest BCUT2D eigenvalue weighted by atomic mass is 19.1. The van der Waals surface area contributed by atoms with Crippen LogP contribution in [0.2, 0.25) is 0 Å². The third kappa shape index (κ3) is 5.78. The number of nitrogens with zero attached hydrogens (tertiary/aromatic N) is 1. The average Bonchev–Trinajstić information content (AvgIpc) is 2.74. The van der Waals surface area contributed by atoms with Crippen molar-refractivity contribution in [3.05, 3.63) is 48.4 Å². The van der Waals surface area contributed by atoms with Crippen molar-refractivity contribution in [3.8, 4) is 23.0 Å². The van der Waals surface area contributed by atoms with Gasteiger partial charge in [-0.3, -0.25) is 4.98 Å². The molecular weight excluding hydrogens is 413 g/mol. The number of rotatable bonds is 7. The van der Waals surface area contributed by atoms with Gasteiger partial charge in [-0.25, -0.2) is 9.18 Å². The van der Waals surface area contributed by atoms with Crippen molar-refractivity contribution in [3.63, 3.8) is 0 Å². The number of carbonyl (C=O) groups excluding carboxylic acids is 1. The molecule has 0 aliphatic heterocycles. The van der Waals surface area contributed by atoms with Gasteiger partial charge >= 0.3 is 6.03 Å². The standard InChI is InChI=1S/C24H28FN3O4/c1-24(2,3)9-11-27-23(29)28-18-7-6-15(12-17(18)25)32-20-8-10-26-19-14-22(31-5)21(30-4)13-16(19)20/h6-8,10,12-14H,9,11H2,1-5H3,(H2,27,28,29). The van der Waals surface area contributed by atoms with Gasteiger partial charge in [-0.1, -0.05) is 20.8 Å². The first-order valence-electron chi connectivity index (χ1n) is 10.2. The van der Waals surface area contributed by atoms with E-state index in [1.807, 2.05) is 0 Å². The molecule has 32 heavy (non-hydrogen) atoms. The molecule has 3 rings (SSSR count). The first-order chi connectivity index (χ1) is 15.2. The number of hydrogen-bond acceptors (Lipinski definition) is 5.